The van der Waals surface area contributed by atoms with Gasteiger partial charge in [-0.15, -0.1) is 5.10 Å². The lowest BCUT2D eigenvalue weighted by molar-refractivity contribution is -0.149. The van der Waals surface area contributed by atoms with E-state index in [2.05, 4.69) is 15.5 Å². The molecule has 2 rings (SSSR count). The molecule has 1 fully saturated rings. The molecule has 0 aromatic carbocycles. The average molecular weight is 270 g/mol. The molecule has 8 heteroatoms. The predicted molar refractivity (Wildman–Crippen MR) is 63.4 cm³/mol. The second-order valence-electron chi connectivity index (χ2n) is 4.85. The van der Waals surface area contributed by atoms with Gasteiger partial charge in [-0.05, 0) is 23.8 Å². The molecule has 1 aliphatic rings. The van der Waals surface area contributed by atoms with Crippen LogP contribution in [-0.2, 0) is 20.8 Å². The van der Waals surface area contributed by atoms with Crippen LogP contribution in [0, 0.1) is 5.41 Å². The second-order valence-corrected chi connectivity index (χ2v) is 4.85. The molecule has 1 aromatic heterocycles. The van der Waals surface area contributed by atoms with Gasteiger partial charge in [-0.3, -0.25) is 4.79 Å². The van der Waals surface area contributed by atoms with Gasteiger partial charge in [0.25, 0.3) is 0 Å². The maximum atomic E-state index is 11.3. The highest BCUT2D eigenvalue weighted by molar-refractivity contribution is 5.73. The van der Waals surface area contributed by atoms with E-state index >= 15 is 0 Å². The van der Waals surface area contributed by atoms with E-state index < -0.39 is 11.4 Å². The van der Waals surface area contributed by atoms with Gasteiger partial charge in [-0.1, -0.05) is 6.92 Å². The van der Waals surface area contributed by atoms with E-state index in [4.69, 9.17) is 9.47 Å². The van der Waals surface area contributed by atoms with Gasteiger partial charge in [-0.2, -0.15) is 0 Å². The number of carboxylic acids is 1. The quantitative estimate of drug-likeness (QED) is 0.819. The number of hydrogen-bond donors (Lipinski definition) is 1. The fourth-order valence-electron chi connectivity index (χ4n) is 1.85. The Labute approximate surface area is 110 Å². The third-order valence-corrected chi connectivity index (χ3v) is 3.46. The summed E-state index contributed by atoms with van der Waals surface area (Å²) in [4.78, 5) is 11.3. The Bertz CT molecular complexity index is 444. The van der Waals surface area contributed by atoms with Crippen LogP contribution in [0.1, 0.15) is 32.2 Å². The molecule has 1 aliphatic heterocycles. The van der Waals surface area contributed by atoms with E-state index in [1.165, 1.54) is 4.68 Å². The minimum atomic E-state index is -0.903. The molecule has 0 bridgehead atoms. The normalized spacial score (nSPS) is 22.9. The zero-order valence-corrected chi connectivity index (χ0v) is 11.1. The summed E-state index contributed by atoms with van der Waals surface area (Å²) >= 11 is 0. The SMILES string of the molecule is CCC(C)(Cn1nnnc1C1COCCO1)C(=O)O. The summed E-state index contributed by atoms with van der Waals surface area (Å²) in [6.07, 6.45) is 0.155. The van der Waals surface area contributed by atoms with Gasteiger partial charge in [-0.25, -0.2) is 4.68 Å². The van der Waals surface area contributed by atoms with E-state index in [9.17, 15) is 9.90 Å². The van der Waals surface area contributed by atoms with Crippen LogP contribution in [-0.4, -0.2) is 51.1 Å². The summed E-state index contributed by atoms with van der Waals surface area (Å²) in [6, 6.07) is 0. The Balaban J connectivity index is 2.17. The van der Waals surface area contributed by atoms with Crippen molar-refractivity contribution in [3.63, 3.8) is 0 Å². The molecule has 1 N–H and O–H groups in total. The highest BCUT2D eigenvalue weighted by Crippen LogP contribution is 2.26. The first-order valence-electron chi connectivity index (χ1n) is 6.25. The molecular formula is C11H18N4O4. The third-order valence-electron chi connectivity index (χ3n) is 3.46. The van der Waals surface area contributed by atoms with Crippen molar-refractivity contribution < 1.29 is 19.4 Å². The Hall–Kier alpha value is -1.54. The zero-order valence-electron chi connectivity index (χ0n) is 11.1. The second kappa shape index (κ2) is 5.62. The lowest BCUT2D eigenvalue weighted by Gasteiger charge is -2.25. The number of rotatable bonds is 5. The van der Waals surface area contributed by atoms with Crippen molar-refractivity contribution in [2.75, 3.05) is 19.8 Å². The van der Waals surface area contributed by atoms with Gasteiger partial charge in [0.2, 0.25) is 0 Å². The van der Waals surface area contributed by atoms with E-state index in [1.807, 2.05) is 6.92 Å². The lowest BCUT2D eigenvalue weighted by Crippen LogP contribution is -2.34. The molecule has 0 amide bonds. The van der Waals surface area contributed by atoms with Crippen LogP contribution in [0.25, 0.3) is 0 Å². The Morgan fingerprint density at radius 3 is 2.95 bits per heavy atom. The third kappa shape index (κ3) is 2.90. The fourth-order valence-corrected chi connectivity index (χ4v) is 1.85. The van der Waals surface area contributed by atoms with Crippen LogP contribution in [0.3, 0.4) is 0 Å². The van der Waals surface area contributed by atoms with Gasteiger partial charge < -0.3 is 14.6 Å². The highest BCUT2D eigenvalue weighted by Gasteiger charge is 2.34. The van der Waals surface area contributed by atoms with E-state index in [1.54, 1.807) is 6.92 Å². The van der Waals surface area contributed by atoms with Gasteiger partial charge in [0.15, 0.2) is 5.82 Å². The average Bonchev–Trinajstić information content (AvgIpc) is 2.87. The van der Waals surface area contributed by atoms with Crippen LogP contribution in [0.4, 0.5) is 0 Å². The van der Waals surface area contributed by atoms with Crippen molar-refractivity contribution in [3.8, 4) is 0 Å². The van der Waals surface area contributed by atoms with Gasteiger partial charge in [0.05, 0.1) is 31.8 Å². The summed E-state index contributed by atoms with van der Waals surface area (Å²) < 4.78 is 12.3. The Morgan fingerprint density at radius 1 is 1.58 bits per heavy atom. The molecule has 2 unspecified atom stereocenters. The van der Waals surface area contributed by atoms with Crippen LogP contribution < -0.4 is 0 Å². The molecule has 8 nitrogen and oxygen atoms in total. The molecule has 2 heterocycles. The van der Waals surface area contributed by atoms with E-state index in [0.717, 1.165) is 0 Å². The molecule has 0 spiro atoms. The first kappa shape index (κ1) is 13.9. The molecule has 106 valence electrons. The number of carboxylic acid groups (broad SMARTS) is 1. The number of hydrogen-bond acceptors (Lipinski definition) is 6. The molecule has 1 saturated heterocycles. The minimum Gasteiger partial charge on any atom is -0.481 e. The number of ether oxygens (including phenoxy) is 2. The summed E-state index contributed by atoms with van der Waals surface area (Å²) in [7, 11) is 0. The largest absolute Gasteiger partial charge is 0.481 e. The lowest BCUT2D eigenvalue weighted by atomic mass is 9.88. The number of carbonyl (C=O) groups is 1. The fraction of sp³-hybridized carbons (Fsp3) is 0.818. The highest BCUT2D eigenvalue weighted by atomic mass is 16.6. The maximum absolute atomic E-state index is 11.3. The first-order valence-corrected chi connectivity index (χ1v) is 6.25. The van der Waals surface area contributed by atoms with Crippen LogP contribution in [0.5, 0.6) is 0 Å². The molecule has 1 aromatic rings. The monoisotopic (exact) mass is 270 g/mol. The maximum Gasteiger partial charge on any atom is 0.311 e. The summed E-state index contributed by atoms with van der Waals surface area (Å²) in [6.45, 7) is 5.15. The number of aliphatic carboxylic acids is 1. The minimum absolute atomic E-state index is 0.209. The number of tetrazole rings is 1. The van der Waals surface area contributed by atoms with Crippen molar-refractivity contribution in [3.05, 3.63) is 5.82 Å². The van der Waals surface area contributed by atoms with Crippen LogP contribution in [0.2, 0.25) is 0 Å². The van der Waals surface area contributed by atoms with Crippen molar-refractivity contribution in [1.29, 1.82) is 0 Å². The molecule has 0 saturated carbocycles. The number of nitrogens with zero attached hydrogens (tertiary/aromatic N) is 4. The molecule has 19 heavy (non-hydrogen) atoms. The molecule has 2 atom stereocenters. The topological polar surface area (TPSA) is 99.4 Å². The summed E-state index contributed by atoms with van der Waals surface area (Å²) in [5.74, 6) is -0.349. The smallest absolute Gasteiger partial charge is 0.311 e. The Morgan fingerprint density at radius 2 is 2.37 bits per heavy atom. The molecule has 0 aliphatic carbocycles. The van der Waals surface area contributed by atoms with E-state index in [0.29, 0.717) is 32.1 Å². The summed E-state index contributed by atoms with van der Waals surface area (Å²) in [5, 5.41) is 20.7. The molecule has 0 radical (unpaired) electrons. The van der Waals surface area contributed by atoms with Gasteiger partial charge in [0.1, 0.15) is 6.10 Å². The van der Waals surface area contributed by atoms with Crippen molar-refractivity contribution in [2.45, 2.75) is 32.9 Å². The summed E-state index contributed by atoms with van der Waals surface area (Å²) in [5.41, 5.74) is -0.903. The first-order chi connectivity index (χ1) is 9.07. The molecular weight excluding hydrogens is 252 g/mol. The van der Waals surface area contributed by atoms with Crippen molar-refractivity contribution in [2.24, 2.45) is 5.41 Å². The van der Waals surface area contributed by atoms with E-state index in [-0.39, 0.29) is 12.6 Å². The van der Waals surface area contributed by atoms with Crippen LogP contribution >= 0.6 is 0 Å². The predicted octanol–water partition coefficient (Wildman–Crippen LogP) is 0.262. The van der Waals surface area contributed by atoms with Gasteiger partial charge in [0, 0.05) is 0 Å². The zero-order chi connectivity index (χ0) is 13.9. The standard InChI is InChI=1S/C11H18N4O4/c1-3-11(2,10(16)17)7-15-9(12-13-14-15)8-6-18-4-5-19-8/h8H,3-7H2,1-2H3,(H,16,17). The van der Waals surface area contributed by atoms with Crippen LogP contribution in [0.15, 0.2) is 0 Å². The van der Waals surface area contributed by atoms with Crippen molar-refractivity contribution >= 4 is 5.97 Å². The number of aromatic nitrogens is 4. The van der Waals surface area contributed by atoms with Crippen molar-refractivity contribution in [1.82, 2.24) is 20.2 Å². The van der Waals surface area contributed by atoms with Gasteiger partial charge >= 0.3 is 5.97 Å². The Kier molecular flexibility index (Phi) is 4.11.